The fourth-order valence-electron chi connectivity index (χ4n) is 1.45. The van der Waals surface area contributed by atoms with Gasteiger partial charge in [0, 0.05) is 12.1 Å². The summed E-state index contributed by atoms with van der Waals surface area (Å²) in [6.45, 7) is -0.299. The van der Waals surface area contributed by atoms with Crippen molar-refractivity contribution in [3.63, 3.8) is 0 Å². The first-order chi connectivity index (χ1) is 9.87. The number of hydrogen-bond donors (Lipinski definition) is 2. The molecule has 0 atom stereocenters. The van der Waals surface area contributed by atoms with Crippen LogP contribution in [0.2, 0.25) is 0 Å². The van der Waals surface area contributed by atoms with Gasteiger partial charge in [0.2, 0.25) is 5.88 Å². The van der Waals surface area contributed by atoms with E-state index in [0.717, 1.165) is 12.1 Å². The first-order valence-electron chi connectivity index (χ1n) is 5.62. The number of nitrogens with two attached hydrogens (primary N) is 1. The van der Waals surface area contributed by atoms with Gasteiger partial charge in [-0.05, 0) is 12.1 Å². The van der Waals surface area contributed by atoms with Crippen molar-refractivity contribution < 1.29 is 27.8 Å². The normalized spacial score (nSPS) is 11.2. The topological polar surface area (TPSA) is 90.5 Å². The Kier molecular flexibility index (Phi) is 4.13. The summed E-state index contributed by atoms with van der Waals surface area (Å²) in [5, 5.41) is 8.93. The molecule has 0 spiro atoms. The summed E-state index contributed by atoms with van der Waals surface area (Å²) in [6.07, 6.45) is -3.62. The van der Waals surface area contributed by atoms with Crippen LogP contribution in [-0.4, -0.2) is 21.4 Å². The highest BCUT2D eigenvalue weighted by atomic mass is 19.4. The fraction of sp³-hybridized carbons (Fsp3) is 0.167. The molecule has 21 heavy (non-hydrogen) atoms. The number of ether oxygens (including phenoxy) is 2. The Morgan fingerprint density at radius 1 is 1.19 bits per heavy atom. The van der Waals surface area contributed by atoms with Gasteiger partial charge in [-0.1, -0.05) is 0 Å². The van der Waals surface area contributed by atoms with Crippen molar-refractivity contribution in [2.75, 3.05) is 5.73 Å². The van der Waals surface area contributed by atoms with E-state index in [0.29, 0.717) is 5.69 Å². The predicted molar refractivity (Wildman–Crippen MR) is 65.6 cm³/mol. The van der Waals surface area contributed by atoms with Gasteiger partial charge in [-0.2, -0.15) is 0 Å². The number of halogens is 3. The van der Waals surface area contributed by atoms with Crippen LogP contribution in [0, 0.1) is 0 Å². The standard InChI is InChI=1S/C12H10F3N3O3/c13-12(14,15)21-8-1-2-10(9(16)4-8)20-11-3-7(5-19)17-6-18-11/h1-4,6,19H,5,16H2. The zero-order valence-corrected chi connectivity index (χ0v) is 10.5. The van der Waals surface area contributed by atoms with Crippen LogP contribution in [0.1, 0.15) is 5.69 Å². The molecule has 0 aliphatic heterocycles. The van der Waals surface area contributed by atoms with Gasteiger partial charge in [0.15, 0.2) is 5.75 Å². The molecule has 0 aliphatic carbocycles. The quantitative estimate of drug-likeness (QED) is 0.842. The van der Waals surface area contributed by atoms with Crippen molar-refractivity contribution in [2.45, 2.75) is 13.0 Å². The Balaban J connectivity index is 2.17. The number of anilines is 1. The molecule has 3 N–H and O–H groups in total. The number of rotatable bonds is 4. The summed E-state index contributed by atoms with van der Waals surface area (Å²) in [6, 6.07) is 4.64. The van der Waals surface area contributed by atoms with Gasteiger partial charge >= 0.3 is 6.36 Å². The molecule has 2 aromatic rings. The van der Waals surface area contributed by atoms with Crippen LogP contribution in [0.25, 0.3) is 0 Å². The largest absolute Gasteiger partial charge is 0.573 e. The van der Waals surface area contributed by atoms with Gasteiger partial charge in [0.1, 0.15) is 12.1 Å². The third kappa shape index (κ3) is 4.21. The van der Waals surface area contributed by atoms with Crippen LogP contribution in [0.5, 0.6) is 17.4 Å². The summed E-state index contributed by atoms with van der Waals surface area (Å²) < 4.78 is 45.2. The molecule has 0 bridgehead atoms. The zero-order chi connectivity index (χ0) is 15.5. The minimum absolute atomic E-state index is 0.0547. The molecule has 0 fully saturated rings. The Morgan fingerprint density at radius 2 is 1.95 bits per heavy atom. The highest BCUT2D eigenvalue weighted by molar-refractivity contribution is 5.57. The second-order valence-corrected chi connectivity index (χ2v) is 3.86. The maximum Gasteiger partial charge on any atom is 0.573 e. The number of nitrogens with zero attached hydrogens (tertiary/aromatic N) is 2. The van der Waals surface area contributed by atoms with Crippen LogP contribution in [-0.2, 0) is 6.61 Å². The molecule has 1 heterocycles. The molecule has 0 aliphatic rings. The van der Waals surface area contributed by atoms with E-state index < -0.39 is 12.1 Å². The zero-order valence-electron chi connectivity index (χ0n) is 10.5. The molecule has 6 nitrogen and oxygen atoms in total. The van der Waals surface area contributed by atoms with E-state index in [1.54, 1.807) is 0 Å². The van der Waals surface area contributed by atoms with Crippen LogP contribution in [0.4, 0.5) is 18.9 Å². The lowest BCUT2D eigenvalue weighted by molar-refractivity contribution is -0.274. The van der Waals surface area contributed by atoms with Crippen molar-refractivity contribution in [3.8, 4) is 17.4 Å². The molecule has 1 aromatic carbocycles. The molecule has 0 saturated carbocycles. The van der Waals surface area contributed by atoms with E-state index >= 15 is 0 Å². The van der Waals surface area contributed by atoms with Crippen molar-refractivity contribution >= 4 is 5.69 Å². The average Bonchev–Trinajstić information content (AvgIpc) is 2.40. The smallest absolute Gasteiger partial charge is 0.437 e. The molecule has 112 valence electrons. The number of hydrogen-bond acceptors (Lipinski definition) is 6. The maximum absolute atomic E-state index is 12.1. The number of aliphatic hydroxyl groups is 1. The first kappa shape index (κ1) is 14.9. The number of aliphatic hydroxyl groups excluding tert-OH is 1. The monoisotopic (exact) mass is 301 g/mol. The molecule has 1 aromatic heterocycles. The third-order valence-corrected chi connectivity index (χ3v) is 2.29. The van der Waals surface area contributed by atoms with Crippen LogP contribution in [0.3, 0.4) is 0 Å². The van der Waals surface area contributed by atoms with Crippen LogP contribution in [0.15, 0.2) is 30.6 Å². The van der Waals surface area contributed by atoms with Crippen molar-refractivity contribution in [1.82, 2.24) is 9.97 Å². The Morgan fingerprint density at radius 3 is 2.57 bits per heavy atom. The molecule has 9 heteroatoms. The van der Waals surface area contributed by atoms with E-state index in [9.17, 15) is 13.2 Å². The summed E-state index contributed by atoms with van der Waals surface area (Å²) >= 11 is 0. The molecule has 0 amide bonds. The van der Waals surface area contributed by atoms with Gasteiger partial charge in [0.05, 0.1) is 18.0 Å². The minimum Gasteiger partial charge on any atom is -0.437 e. The molecule has 0 radical (unpaired) electrons. The summed E-state index contributed by atoms with van der Waals surface area (Å²) in [5.41, 5.74) is 5.87. The molecule has 2 rings (SSSR count). The minimum atomic E-state index is -4.79. The second kappa shape index (κ2) is 5.83. The number of nitrogen functional groups attached to an aromatic ring is 1. The van der Waals surface area contributed by atoms with Crippen molar-refractivity contribution in [2.24, 2.45) is 0 Å². The summed E-state index contributed by atoms with van der Waals surface area (Å²) in [7, 11) is 0. The summed E-state index contributed by atoms with van der Waals surface area (Å²) in [4.78, 5) is 7.55. The predicted octanol–water partition coefficient (Wildman–Crippen LogP) is 2.24. The van der Waals surface area contributed by atoms with Gasteiger partial charge in [0.25, 0.3) is 0 Å². The van der Waals surface area contributed by atoms with Crippen molar-refractivity contribution in [3.05, 3.63) is 36.3 Å². The van der Waals surface area contributed by atoms with E-state index in [4.69, 9.17) is 15.6 Å². The molecular weight excluding hydrogens is 291 g/mol. The number of benzene rings is 1. The van der Waals surface area contributed by atoms with Gasteiger partial charge < -0.3 is 20.3 Å². The van der Waals surface area contributed by atoms with Gasteiger partial charge in [-0.15, -0.1) is 13.2 Å². The van der Waals surface area contributed by atoms with E-state index in [2.05, 4.69) is 14.7 Å². The Labute approximate surface area is 117 Å². The first-order valence-corrected chi connectivity index (χ1v) is 5.62. The summed E-state index contributed by atoms with van der Waals surface area (Å²) in [5.74, 6) is -0.247. The van der Waals surface area contributed by atoms with Gasteiger partial charge in [-0.25, -0.2) is 9.97 Å². The number of aromatic nitrogens is 2. The maximum atomic E-state index is 12.1. The van der Waals surface area contributed by atoms with E-state index in [1.165, 1.54) is 18.5 Å². The number of alkyl halides is 3. The van der Waals surface area contributed by atoms with Gasteiger partial charge in [-0.3, -0.25) is 0 Å². The molecule has 0 unspecified atom stereocenters. The van der Waals surface area contributed by atoms with E-state index in [1.807, 2.05) is 0 Å². The fourth-order valence-corrected chi connectivity index (χ4v) is 1.45. The third-order valence-electron chi connectivity index (χ3n) is 2.29. The van der Waals surface area contributed by atoms with Crippen LogP contribution >= 0.6 is 0 Å². The lowest BCUT2D eigenvalue weighted by Gasteiger charge is -2.12. The highest BCUT2D eigenvalue weighted by Gasteiger charge is 2.31. The molecular formula is C12H10F3N3O3. The van der Waals surface area contributed by atoms with Crippen LogP contribution < -0.4 is 15.2 Å². The SMILES string of the molecule is Nc1cc(OC(F)(F)F)ccc1Oc1cc(CO)ncn1. The average molecular weight is 301 g/mol. The molecule has 0 saturated heterocycles. The van der Waals surface area contributed by atoms with E-state index in [-0.39, 0.29) is 23.9 Å². The lowest BCUT2D eigenvalue weighted by atomic mass is 10.3. The second-order valence-electron chi connectivity index (χ2n) is 3.86. The highest BCUT2D eigenvalue weighted by Crippen LogP contribution is 2.32. The Hall–Kier alpha value is -2.55. The van der Waals surface area contributed by atoms with Crippen molar-refractivity contribution in [1.29, 1.82) is 0 Å². The Bertz CT molecular complexity index is 635. The lowest BCUT2D eigenvalue weighted by Crippen LogP contribution is -2.17.